The number of benzene rings is 4. The zero-order valence-corrected chi connectivity index (χ0v) is 26.0. The summed E-state index contributed by atoms with van der Waals surface area (Å²) < 4.78 is 24.4. The van der Waals surface area contributed by atoms with Crippen molar-refractivity contribution in [1.82, 2.24) is 4.90 Å². The van der Waals surface area contributed by atoms with E-state index in [1.807, 2.05) is 91.0 Å². The molecule has 0 aliphatic carbocycles. The minimum absolute atomic E-state index is 0.00261. The number of rotatable bonds is 11. The summed E-state index contributed by atoms with van der Waals surface area (Å²) >= 11 is 0. The zero-order chi connectivity index (χ0) is 31.7. The molecule has 6 rings (SSSR count). The number of nitrogens with one attached hydrogen (secondary N) is 2. The van der Waals surface area contributed by atoms with Crippen LogP contribution in [0.1, 0.15) is 48.3 Å². The Morgan fingerprint density at radius 2 is 1.63 bits per heavy atom. The SMILES string of the molecule is COC[C@@H]1CCCN1C[C@H]1C[C@@H](c2ccc(CO)cc2)O[C@@H](c2cccc(NC(=O)Nc3ccc(Oc4ccccc4)cc3)c2)O1. The van der Waals surface area contributed by atoms with Crippen molar-refractivity contribution in [2.75, 3.05) is 37.4 Å². The van der Waals surface area contributed by atoms with E-state index in [9.17, 15) is 9.90 Å². The van der Waals surface area contributed by atoms with Crippen molar-refractivity contribution in [3.05, 3.63) is 120 Å². The number of nitrogens with zero attached hydrogens (tertiary/aromatic N) is 1. The third-order valence-electron chi connectivity index (χ3n) is 8.42. The Morgan fingerprint density at radius 1 is 0.870 bits per heavy atom. The highest BCUT2D eigenvalue weighted by Gasteiger charge is 2.35. The monoisotopic (exact) mass is 623 g/mol. The van der Waals surface area contributed by atoms with Crippen molar-refractivity contribution in [3.8, 4) is 11.5 Å². The quantitative estimate of drug-likeness (QED) is 0.162. The van der Waals surface area contributed by atoms with E-state index in [2.05, 4.69) is 15.5 Å². The molecule has 2 heterocycles. The highest BCUT2D eigenvalue weighted by atomic mass is 16.7. The average molecular weight is 624 g/mol. The Labute approximate surface area is 270 Å². The Morgan fingerprint density at radius 3 is 2.39 bits per heavy atom. The zero-order valence-electron chi connectivity index (χ0n) is 26.0. The Hall–Kier alpha value is -4.25. The molecule has 0 unspecified atom stereocenters. The van der Waals surface area contributed by atoms with E-state index in [1.165, 1.54) is 0 Å². The van der Waals surface area contributed by atoms with Crippen molar-refractivity contribution in [3.63, 3.8) is 0 Å². The number of aliphatic hydroxyl groups is 1. The number of hydrogen-bond acceptors (Lipinski definition) is 7. The molecule has 4 aromatic carbocycles. The molecule has 9 nitrogen and oxygen atoms in total. The first-order valence-corrected chi connectivity index (χ1v) is 15.8. The maximum absolute atomic E-state index is 12.9. The molecule has 0 spiro atoms. The fourth-order valence-electron chi connectivity index (χ4n) is 6.10. The summed E-state index contributed by atoms with van der Waals surface area (Å²) in [5.74, 6) is 1.42. The summed E-state index contributed by atoms with van der Waals surface area (Å²) in [6, 6.07) is 32.2. The van der Waals surface area contributed by atoms with Gasteiger partial charge in [0.05, 0.1) is 25.4 Å². The standard InChI is InChI=1S/C37H41N3O6/c1-43-25-31-9-6-20-40(31)23-34-22-35(27-14-12-26(24-41)13-15-27)46-36(45-34)28-7-5-8-30(21-28)39-37(42)38-29-16-18-33(19-17-29)44-32-10-3-2-4-11-32/h2-5,7-8,10-19,21,31,34-36,41H,6,9,20,22-25H2,1H3,(H2,38,39,42)/t31-,34+,35-,36-/m0/s1. The molecule has 0 aromatic heterocycles. The number of hydrogen-bond donors (Lipinski definition) is 3. The van der Waals surface area contributed by atoms with E-state index in [-0.39, 0.29) is 24.8 Å². The summed E-state index contributed by atoms with van der Waals surface area (Å²) in [7, 11) is 1.75. The van der Waals surface area contributed by atoms with Gasteiger partial charge in [-0.2, -0.15) is 0 Å². The van der Waals surface area contributed by atoms with Gasteiger partial charge in [-0.25, -0.2) is 4.79 Å². The molecule has 4 atom stereocenters. The number of anilines is 2. The Kier molecular flexibility index (Phi) is 10.6. The third kappa shape index (κ3) is 8.31. The minimum Gasteiger partial charge on any atom is -0.457 e. The summed E-state index contributed by atoms with van der Waals surface area (Å²) in [5.41, 5.74) is 3.98. The Balaban J connectivity index is 1.12. The van der Waals surface area contributed by atoms with Crippen molar-refractivity contribution in [2.24, 2.45) is 0 Å². The number of aliphatic hydroxyl groups excluding tert-OH is 1. The van der Waals surface area contributed by atoms with Crippen LogP contribution in [0.15, 0.2) is 103 Å². The van der Waals surface area contributed by atoms with Crippen molar-refractivity contribution < 1.29 is 28.8 Å². The lowest BCUT2D eigenvalue weighted by atomic mass is 9.99. The molecule has 2 saturated heterocycles. The topological polar surface area (TPSA) is 102 Å². The van der Waals surface area contributed by atoms with E-state index in [0.29, 0.717) is 36.2 Å². The minimum atomic E-state index is -0.619. The van der Waals surface area contributed by atoms with Gasteiger partial charge in [-0.05, 0) is 79.0 Å². The van der Waals surface area contributed by atoms with Gasteiger partial charge in [-0.15, -0.1) is 0 Å². The van der Waals surface area contributed by atoms with E-state index in [1.54, 1.807) is 19.2 Å². The Bertz CT molecular complexity index is 1550. The van der Waals surface area contributed by atoms with Crippen LogP contribution in [0.25, 0.3) is 0 Å². The summed E-state index contributed by atoms with van der Waals surface area (Å²) in [5, 5.41) is 15.3. The molecule has 2 aliphatic rings. The van der Waals surface area contributed by atoms with Gasteiger partial charge in [-0.1, -0.05) is 54.6 Å². The number of amides is 2. The highest BCUT2D eigenvalue weighted by Crippen LogP contribution is 2.39. The van der Waals surface area contributed by atoms with Crippen LogP contribution in [-0.2, 0) is 20.8 Å². The normalized spacial score (nSPS) is 21.5. The summed E-state index contributed by atoms with van der Waals surface area (Å²) in [4.78, 5) is 15.4. The number of ether oxygens (including phenoxy) is 4. The average Bonchev–Trinajstić information content (AvgIpc) is 3.52. The van der Waals surface area contributed by atoms with E-state index in [0.717, 1.165) is 48.4 Å². The summed E-state index contributed by atoms with van der Waals surface area (Å²) in [6.45, 7) is 2.51. The van der Waals surface area contributed by atoms with Gasteiger partial charge < -0.3 is 34.7 Å². The van der Waals surface area contributed by atoms with Gasteiger partial charge in [0.2, 0.25) is 0 Å². The molecular weight excluding hydrogens is 582 g/mol. The molecule has 0 bridgehead atoms. The van der Waals surface area contributed by atoms with Crippen LogP contribution >= 0.6 is 0 Å². The van der Waals surface area contributed by atoms with Gasteiger partial charge in [0, 0.05) is 43.1 Å². The molecule has 3 N–H and O–H groups in total. The highest BCUT2D eigenvalue weighted by molar-refractivity contribution is 5.99. The van der Waals surface area contributed by atoms with Crippen LogP contribution in [0.4, 0.5) is 16.2 Å². The van der Waals surface area contributed by atoms with Crippen molar-refractivity contribution in [1.29, 1.82) is 0 Å². The first-order chi connectivity index (χ1) is 22.6. The van der Waals surface area contributed by atoms with Crippen molar-refractivity contribution >= 4 is 17.4 Å². The fourth-order valence-corrected chi connectivity index (χ4v) is 6.10. The molecule has 4 aromatic rings. The molecular formula is C37H41N3O6. The number of para-hydroxylation sites is 1. The lowest BCUT2D eigenvalue weighted by Gasteiger charge is -2.39. The lowest BCUT2D eigenvalue weighted by molar-refractivity contribution is -0.253. The maximum atomic E-state index is 12.9. The van der Waals surface area contributed by atoms with E-state index >= 15 is 0 Å². The van der Waals surface area contributed by atoms with Crippen LogP contribution in [0, 0.1) is 0 Å². The van der Waals surface area contributed by atoms with Gasteiger partial charge in [-0.3, -0.25) is 4.90 Å². The van der Waals surface area contributed by atoms with Crippen LogP contribution in [-0.4, -0.2) is 55.0 Å². The van der Waals surface area contributed by atoms with Crippen LogP contribution < -0.4 is 15.4 Å². The van der Waals surface area contributed by atoms with Gasteiger partial charge >= 0.3 is 6.03 Å². The van der Waals surface area contributed by atoms with Crippen molar-refractivity contribution in [2.45, 2.75) is 50.4 Å². The number of methoxy groups -OCH3 is 1. The second-order valence-electron chi connectivity index (χ2n) is 11.7. The largest absolute Gasteiger partial charge is 0.457 e. The number of carbonyl (C=O) groups is 1. The molecule has 9 heteroatoms. The van der Waals surface area contributed by atoms with E-state index in [4.69, 9.17) is 18.9 Å². The van der Waals surface area contributed by atoms with Gasteiger partial charge in [0.1, 0.15) is 11.5 Å². The molecule has 46 heavy (non-hydrogen) atoms. The molecule has 2 amide bonds. The van der Waals surface area contributed by atoms with Crippen LogP contribution in [0.2, 0.25) is 0 Å². The van der Waals surface area contributed by atoms with Crippen LogP contribution in [0.5, 0.6) is 11.5 Å². The first-order valence-electron chi connectivity index (χ1n) is 15.8. The molecule has 2 aliphatic heterocycles. The van der Waals surface area contributed by atoms with Crippen LogP contribution in [0.3, 0.4) is 0 Å². The molecule has 0 saturated carbocycles. The second-order valence-corrected chi connectivity index (χ2v) is 11.7. The maximum Gasteiger partial charge on any atom is 0.323 e. The van der Waals surface area contributed by atoms with E-state index < -0.39 is 6.29 Å². The predicted octanol–water partition coefficient (Wildman–Crippen LogP) is 7.27. The first kappa shape index (κ1) is 31.7. The number of carbonyl (C=O) groups excluding carboxylic acids is 1. The number of urea groups is 1. The fraction of sp³-hybridized carbons (Fsp3) is 0.324. The van der Waals surface area contributed by atoms with Gasteiger partial charge in [0.15, 0.2) is 6.29 Å². The third-order valence-corrected chi connectivity index (χ3v) is 8.42. The smallest absolute Gasteiger partial charge is 0.323 e. The molecule has 2 fully saturated rings. The summed E-state index contributed by atoms with van der Waals surface area (Å²) in [6.07, 6.45) is 2.11. The second kappa shape index (κ2) is 15.4. The molecule has 0 radical (unpaired) electrons. The molecule has 240 valence electrons. The number of likely N-dealkylation sites (tertiary alicyclic amines) is 1. The predicted molar refractivity (Wildman–Crippen MR) is 177 cm³/mol. The lowest BCUT2D eigenvalue weighted by Crippen LogP contribution is -2.42. The van der Waals surface area contributed by atoms with Gasteiger partial charge in [0.25, 0.3) is 0 Å².